The van der Waals surface area contributed by atoms with Gasteiger partial charge < -0.3 is 19.7 Å². The lowest BCUT2D eigenvalue weighted by Gasteiger charge is -2.32. The molecule has 0 amide bonds. The summed E-state index contributed by atoms with van der Waals surface area (Å²) in [6, 6.07) is 7.04. The highest BCUT2D eigenvalue weighted by molar-refractivity contribution is 5.80. The van der Waals surface area contributed by atoms with E-state index in [2.05, 4.69) is 47.2 Å². The highest BCUT2D eigenvalue weighted by Gasteiger charge is 2.30. The number of aryl methyl sites for hydroxylation is 1. The van der Waals surface area contributed by atoms with Gasteiger partial charge in [0.2, 0.25) is 0 Å². The molecule has 3 rings (SSSR count). The monoisotopic (exact) mass is 374 g/mol. The summed E-state index contributed by atoms with van der Waals surface area (Å²) in [5.41, 5.74) is 2.44. The molecule has 0 radical (unpaired) electrons. The second-order valence-corrected chi connectivity index (χ2v) is 7.33. The van der Waals surface area contributed by atoms with Crippen molar-refractivity contribution >= 4 is 5.96 Å². The number of hydrogen-bond donors (Lipinski definition) is 1. The number of ether oxygens (including phenoxy) is 2. The number of guanidine groups is 1. The van der Waals surface area contributed by atoms with Gasteiger partial charge in [0.25, 0.3) is 0 Å². The lowest BCUT2D eigenvalue weighted by Crippen LogP contribution is -2.46. The Morgan fingerprint density at radius 2 is 2.11 bits per heavy atom. The molecule has 1 atom stereocenters. The Balaban J connectivity index is 1.56. The summed E-state index contributed by atoms with van der Waals surface area (Å²) in [4.78, 5) is 9.89. The molecule has 2 aliphatic rings. The van der Waals surface area contributed by atoms with Gasteiger partial charge in [-0.25, -0.2) is 0 Å². The smallest absolute Gasteiger partial charge is 0.193 e. The summed E-state index contributed by atoms with van der Waals surface area (Å²) in [7, 11) is 1.73. The van der Waals surface area contributed by atoms with Gasteiger partial charge in [-0.15, -0.1) is 0 Å². The average Bonchev–Trinajstić information content (AvgIpc) is 3.19. The van der Waals surface area contributed by atoms with Gasteiger partial charge >= 0.3 is 0 Å². The molecule has 0 bridgehead atoms. The second kappa shape index (κ2) is 9.95. The maximum atomic E-state index is 5.49. The molecule has 0 aromatic heterocycles. The van der Waals surface area contributed by atoms with Crippen molar-refractivity contribution in [3.05, 3.63) is 29.3 Å². The van der Waals surface area contributed by atoms with Crippen LogP contribution >= 0.6 is 0 Å². The van der Waals surface area contributed by atoms with E-state index in [1.165, 1.54) is 17.5 Å². The SMILES string of the molecule is CCNC(=NCCc1ccc(C)c(OC)c1)N1CCC(N2CCOCC2)C1. The zero-order valence-electron chi connectivity index (χ0n) is 17.0. The zero-order valence-corrected chi connectivity index (χ0v) is 17.0. The third-order valence-corrected chi connectivity index (χ3v) is 5.49. The molecule has 6 heteroatoms. The van der Waals surface area contributed by atoms with Gasteiger partial charge in [-0.2, -0.15) is 0 Å². The minimum absolute atomic E-state index is 0.624. The van der Waals surface area contributed by atoms with Crippen LogP contribution in [0.25, 0.3) is 0 Å². The van der Waals surface area contributed by atoms with Crippen molar-refractivity contribution in [3.8, 4) is 5.75 Å². The first kappa shape index (κ1) is 20.0. The third-order valence-electron chi connectivity index (χ3n) is 5.49. The maximum Gasteiger partial charge on any atom is 0.193 e. The molecule has 2 aliphatic heterocycles. The molecule has 2 fully saturated rings. The van der Waals surface area contributed by atoms with Crippen LogP contribution in [0.4, 0.5) is 0 Å². The highest BCUT2D eigenvalue weighted by atomic mass is 16.5. The van der Waals surface area contributed by atoms with Gasteiger partial charge in [0.1, 0.15) is 5.75 Å². The van der Waals surface area contributed by atoms with E-state index in [9.17, 15) is 0 Å². The molecule has 1 N–H and O–H groups in total. The number of morpholine rings is 1. The molecule has 0 saturated carbocycles. The van der Waals surface area contributed by atoms with E-state index in [4.69, 9.17) is 14.5 Å². The Morgan fingerprint density at radius 1 is 1.30 bits per heavy atom. The molecule has 1 unspecified atom stereocenters. The lowest BCUT2D eigenvalue weighted by atomic mass is 10.1. The number of methoxy groups -OCH3 is 1. The predicted octanol–water partition coefficient (Wildman–Crippen LogP) is 1.92. The summed E-state index contributed by atoms with van der Waals surface area (Å²) in [5, 5.41) is 3.47. The van der Waals surface area contributed by atoms with Gasteiger partial charge in [-0.1, -0.05) is 12.1 Å². The molecule has 0 spiro atoms. The van der Waals surface area contributed by atoms with Crippen LogP contribution in [0.15, 0.2) is 23.2 Å². The zero-order chi connectivity index (χ0) is 19.1. The van der Waals surface area contributed by atoms with Gasteiger partial charge in [-0.3, -0.25) is 9.89 Å². The van der Waals surface area contributed by atoms with E-state index in [0.717, 1.165) is 70.6 Å². The quantitative estimate of drug-likeness (QED) is 0.609. The number of rotatable bonds is 6. The number of likely N-dealkylation sites (tertiary alicyclic amines) is 1. The number of hydrogen-bond acceptors (Lipinski definition) is 4. The number of nitrogens with one attached hydrogen (secondary N) is 1. The molecule has 6 nitrogen and oxygen atoms in total. The minimum atomic E-state index is 0.624. The van der Waals surface area contributed by atoms with E-state index in [1.54, 1.807) is 7.11 Å². The fraction of sp³-hybridized carbons (Fsp3) is 0.667. The van der Waals surface area contributed by atoms with Crippen LogP contribution in [0, 0.1) is 6.92 Å². The molecule has 2 heterocycles. The van der Waals surface area contributed by atoms with Crippen LogP contribution in [0.1, 0.15) is 24.5 Å². The third kappa shape index (κ3) is 5.36. The fourth-order valence-electron chi connectivity index (χ4n) is 3.91. The first-order chi connectivity index (χ1) is 13.2. The maximum absolute atomic E-state index is 5.49. The van der Waals surface area contributed by atoms with Crippen LogP contribution in [0.5, 0.6) is 5.75 Å². The molecule has 1 aromatic rings. The molecule has 0 aliphatic carbocycles. The first-order valence-electron chi connectivity index (χ1n) is 10.2. The van der Waals surface area contributed by atoms with Crippen LogP contribution in [0.3, 0.4) is 0 Å². The summed E-state index contributed by atoms with van der Waals surface area (Å²) in [5.74, 6) is 2.00. The topological polar surface area (TPSA) is 49.3 Å². The molecule has 1 aromatic carbocycles. The van der Waals surface area contributed by atoms with Crippen LogP contribution in [-0.4, -0.2) is 81.4 Å². The average molecular weight is 375 g/mol. The van der Waals surface area contributed by atoms with E-state index >= 15 is 0 Å². The van der Waals surface area contributed by atoms with Crippen molar-refractivity contribution < 1.29 is 9.47 Å². The highest BCUT2D eigenvalue weighted by Crippen LogP contribution is 2.20. The lowest BCUT2D eigenvalue weighted by molar-refractivity contribution is 0.0195. The number of benzene rings is 1. The van der Waals surface area contributed by atoms with Crippen molar-refractivity contribution in [2.24, 2.45) is 4.99 Å². The minimum Gasteiger partial charge on any atom is -0.496 e. The van der Waals surface area contributed by atoms with Crippen molar-refractivity contribution in [1.29, 1.82) is 0 Å². The number of nitrogens with zero attached hydrogens (tertiary/aromatic N) is 3. The molecule has 2 saturated heterocycles. The Morgan fingerprint density at radius 3 is 2.85 bits per heavy atom. The van der Waals surface area contributed by atoms with Crippen LogP contribution in [-0.2, 0) is 11.2 Å². The van der Waals surface area contributed by atoms with Gasteiger partial charge in [0, 0.05) is 45.3 Å². The van der Waals surface area contributed by atoms with E-state index < -0.39 is 0 Å². The van der Waals surface area contributed by atoms with Gasteiger partial charge in [0.15, 0.2) is 5.96 Å². The summed E-state index contributed by atoms with van der Waals surface area (Å²) >= 11 is 0. The Hall–Kier alpha value is -1.79. The van der Waals surface area contributed by atoms with Crippen LogP contribution in [0.2, 0.25) is 0 Å². The van der Waals surface area contributed by atoms with Crippen molar-refractivity contribution in [1.82, 2.24) is 15.1 Å². The Kier molecular flexibility index (Phi) is 7.35. The fourth-order valence-corrected chi connectivity index (χ4v) is 3.91. The molecule has 150 valence electrons. The van der Waals surface area contributed by atoms with Gasteiger partial charge in [0.05, 0.1) is 20.3 Å². The van der Waals surface area contributed by atoms with Crippen molar-refractivity contribution in [2.75, 3.05) is 59.6 Å². The Bertz CT molecular complexity index is 629. The van der Waals surface area contributed by atoms with E-state index in [-0.39, 0.29) is 0 Å². The molecule has 27 heavy (non-hydrogen) atoms. The molecular weight excluding hydrogens is 340 g/mol. The Labute approximate surface area is 163 Å². The largest absolute Gasteiger partial charge is 0.496 e. The normalized spacial score (nSPS) is 21.5. The first-order valence-corrected chi connectivity index (χ1v) is 10.2. The van der Waals surface area contributed by atoms with E-state index in [0.29, 0.717) is 6.04 Å². The number of aliphatic imine (C=N–C) groups is 1. The summed E-state index contributed by atoms with van der Waals surface area (Å²) in [6.45, 7) is 11.9. The second-order valence-electron chi connectivity index (χ2n) is 7.33. The van der Waals surface area contributed by atoms with Crippen molar-refractivity contribution in [3.63, 3.8) is 0 Å². The van der Waals surface area contributed by atoms with Crippen molar-refractivity contribution in [2.45, 2.75) is 32.7 Å². The summed E-state index contributed by atoms with van der Waals surface area (Å²) in [6.07, 6.45) is 2.13. The summed E-state index contributed by atoms with van der Waals surface area (Å²) < 4.78 is 10.9. The van der Waals surface area contributed by atoms with Crippen LogP contribution < -0.4 is 10.1 Å². The standard InChI is InChI=1S/C21H34N4O2/c1-4-22-21(23-9-7-18-6-5-17(2)20(15-18)26-3)25-10-8-19(16-25)24-11-13-27-14-12-24/h5-6,15,19H,4,7-14,16H2,1-3H3,(H,22,23). The molecular formula is C21H34N4O2. The predicted molar refractivity (Wildman–Crippen MR) is 110 cm³/mol. The van der Waals surface area contributed by atoms with E-state index in [1.807, 2.05) is 0 Å². The van der Waals surface area contributed by atoms with Gasteiger partial charge in [-0.05, 0) is 43.9 Å².